The lowest BCUT2D eigenvalue weighted by Gasteiger charge is -2.38. The first-order chi connectivity index (χ1) is 16.4. The number of aldehydes is 1. The van der Waals surface area contributed by atoms with E-state index < -0.39 is 42.2 Å². The molecule has 2 heterocycles. The van der Waals surface area contributed by atoms with Gasteiger partial charge in [-0.25, -0.2) is 4.79 Å². The molecule has 35 heavy (non-hydrogen) atoms. The van der Waals surface area contributed by atoms with E-state index in [4.69, 9.17) is 9.47 Å². The summed E-state index contributed by atoms with van der Waals surface area (Å²) in [5.41, 5.74) is -0.694. The Balaban J connectivity index is 2.34. The van der Waals surface area contributed by atoms with Gasteiger partial charge in [0.25, 0.3) is 0 Å². The zero-order chi connectivity index (χ0) is 26.2. The number of hydrogen-bond donors (Lipinski definition) is 3. The molecule has 0 radical (unpaired) electrons. The zero-order valence-corrected chi connectivity index (χ0v) is 22.4. The van der Waals surface area contributed by atoms with Crippen molar-refractivity contribution in [1.29, 1.82) is 0 Å². The van der Waals surface area contributed by atoms with Crippen molar-refractivity contribution in [2.75, 3.05) is 13.2 Å². The van der Waals surface area contributed by atoms with Gasteiger partial charge in [-0.3, -0.25) is 9.69 Å². The van der Waals surface area contributed by atoms with Crippen LogP contribution in [-0.2, 0) is 19.1 Å². The van der Waals surface area contributed by atoms with Crippen molar-refractivity contribution in [3.8, 4) is 0 Å². The zero-order valence-electron chi connectivity index (χ0n) is 22.4. The molecule has 0 bridgehead atoms. The summed E-state index contributed by atoms with van der Waals surface area (Å²) < 4.78 is 11.5. The second kappa shape index (κ2) is 13.6. The van der Waals surface area contributed by atoms with E-state index in [0.717, 1.165) is 44.8 Å². The average molecular weight is 498 g/mol. The van der Waals surface area contributed by atoms with Gasteiger partial charge in [0, 0.05) is 13.2 Å². The lowest BCUT2D eigenvalue weighted by molar-refractivity contribution is -0.137. The van der Waals surface area contributed by atoms with Gasteiger partial charge in [-0.2, -0.15) is 0 Å². The van der Waals surface area contributed by atoms with Crippen molar-refractivity contribution in [3.63, 3.8) is 0 Å². The smallest absolute Gasteiger partial charge is 0.408 e. The Hall–Kier alpha value is -1.71. The number of alkyl carbamates (subject to hydrolysis) is 1. The van der Waals surface area contributed by atoms with Gasteiger partial charge in [0.15, 0.2) is 0 Å². The van der Waals surface area contributed by atoms with Crippen LogP contribution in [0.2, 0.25) is 0 Å². The van der Waals surface area contributed by atoms with Crippen LogP contribution in [0.15, 0.2) is 0 Å². The largest absolute Gasteiger partial charge is 0.444 e. The van der Waals surface area contributed by atoms with Crippen molar-refractivity contribution in [2.45, 2.75) is 123 Å². The molecular formula is C26H47N3O6. The van der Waals surface area contributed by atoms with Crippen LogP contribution in [-0.4, -0.2) is 77.5 Å². The Kier molecular flexibility index (Phi) is 11.4. The van der Waals surface area contributed by atoms with E-state index in [1.54, 1.807) is 25.7 Å². The van der Waals surface area contributed by atoms with Crippen LogP contribution in [0.1, 0.15) is 86.5 Å². The molecule has 1 unspecified atom stereocenters. The minimum atomic E-state index is -1.17. The molecular weight excluding hydrogens is 450 g/mol. The number of nitrogens with zero attached hydrogens (tertiary/aromatic N) is 1. The normalized spacial score (nSPS) is 32.5. The van der Waals surface area contributed by atoms with Crippen molar-refractivity contribution < 1.29 is 29.0 Å². The number of rotatable bonds is 3. The molecule has 0 saturated carbocycles. The maximum atomic E-state index is 13.5. The van der Waals surface area contributed by atoms with E-state index in [1.165, 1.54) is 0 Å². The number of aliphatic hydroxyl groups excluding tert-OH is 1. The fraction of sp³-hybridized carbons (Fsp3) is 0.885. The van der Waals surface area contributed by atoms with E-state index in [9.17, 15) is 19.5 Å². The van der Waals surface area contributed by atoms with Crippen LogP contribution in [0.4, 0.5) is 4.79 Å². The number of fused-ring (bicyclic) bond motifs is 1. The molecule has 0 aromatic heterocycles. The lowest BCUT2D eigenvalue weighted by Crippen LogP contribution is -2.61. The first-order valence-corrected chi connectivity index (χ1v) is 13.2. The Morgan fingerprint density at radius 2 is 1.86 bits per heavy atom. The molecule has 2 aliphatic rings. The minimum absolute atomic E-state index is 0.00855. The van der Waals surface area contributed by atoms with Gasteiger partial charge >= 0.3 is 6.09 Å². The summed E-state index contributed by atoms with van der Waals surface area (Å²) in [6, 6.07) is -1.96. The molecule has 202 valence electrons. The quantitative estimate of drug-likeness (QED) is 0.513. The second-order valence-corrected chi connectivity index (χ2v) is 11.3. The summed E-state index contributed by atoms with van der Waals surface area (Å²) in [7, 11) is 0. The number of nitrogens with one attached hydrogen (secondary N) is 2. The SMILES string of the molecule is CC(C)[C@H]1CCN2C(O)[C@@H](NC(=O)OC(C)(C)C)[C@H](C)OCCCCCCC[C@@H](C=O)NC(=O)[C@H]12. The maximum absolute atomic E-state index is 13.5. The number of ether oxygens (including phenoxy) is 2. The third-order valence-electron chi connectivity index (χ3n) is 6.99. The van der Waals surface area contributed by atoms with E-state index in [-0.39, 0.29) is 17.7 Å². The van der Waals surface area contributed by atoms with Gasteiger partial charge in [0.05, 0.1) is 24.2 Å². The van der Waals surface area contributed by atoms with Crippen molar-refractivity contribution in [2.24, 2.45) is 11.8 Å². The monoisotopic (exact) mass is 497 g/mol. The molecule has 0 aromatic carbocycles. The van der Waals surface area contributed by atoms with Crippen LogP contribution in [0, 0.1) is 11.8 Å². The number of hydrogen-bond acceptors (Lipinski definition) is 7. The first-order valence-electron chi connectivity index (χ1n) is 13.2. The maximum Gasteiger partial charge on any atom is 0.408 e. The predicted octanol–water partition coefficient (Wildman–Crippen LogP) is 2.99. The molecule has 9 heteroatoms. The topological polar surface area (TPSA) is 117 Å². The highest BCUT2D eigenvalue weighted by Gasteiger charge is 2.46. The third kappa shape index (κ3) is 9.03. The molecule has 2 rings (SSSR count). The Morgan fingerprint density at radius 1 is 1.20 bits per heavy atom. The van der Waals surface area contributed by atoms with Crippen molar-refractivity contribution in [3.05, 3.63) is 0 Å². The summed E-state index contributed by atoms with van der Waals surface area (Å²) in [6.07, 6.45) is 4.56. The van der Waals surface area contributed by atoms with Crippen LogP contribution >= 0.6 is 0 Å². The van der Waals surface area contributed by atoms with E-state index >= 15 is 0 Å². The summed E-state index contributed by atoms with van der Waals surface area (Å²) in [4.78, 5) is 39.5. The Bertz CT molecular complexity index is 695. The summed E-state index contributed by atoms with van der Waals surface area (Å²) in [5, 5.41) is 17.3. The van der Waals surface area contributed by atoms with E-state index in [1.807, 2.05) is 6.92 Å². The standard InChI is InChI=1S/C26H47N3O6/c1-17(2)20-13-14-29-22(20)23(31)27-19(16-30)12-10-8-7-9-11-15-34-18(3)21(24(29)32)28-25(33)35-26(4,5)6/h16-22,24,32H,7-15H2,1-6H3,(H,27,31)(H,28,33)/t18-,19-,20+,21-,22-,24?/m0/s1. The summed E-state index contributed by atoms with van der Waals surface area (Å²) in [6.45, 7) is 12.3. The van der Waals surface area contributed by atoms with Crippen LogP contribution in [0.5, 0.6) is 0 Å². The molecule has 2 amide bonds. The van der Waals surface area contributed by atoms with Gasteiger partial charge in [-0.1, -0.05) is 39.5 Å². The molecule has 2 saturated heterocycles. The van der Waals surface area contributed by atoms with Gasteiger partial charge in [0.1, 0.15) is 18.1 Å². The van der Waals surface area contributed by atoms with Gasteiger partial charge < -0.3 is 30.0 Å². The van der Waals surface area contributed by atoms with E-state index in [2.05, 4.69) is 24.5 Å². The lowest BCUT2D eigenvalue weighted by atomic mass is 9.87. The van der Waals surface area contributed by atoms with E-state index in [0.29, 0.717) is 19.6 Å². The molecule has 0 spiro atoms. The first kappa shape index (κ1) is 29.5. The predicted molar refractivity (Wildman–Crippen MR) is 134 cm³/mol. The molecule has 3 N–H and O–H groups in total. The minimum Gasteiger partial charge on any atom is -0.444 e. The highest BCUT2D eigenvalue weighted by Crippen LogP contribution is 2.33. The fourth-order valence-electron chi connectivity index (χ4n) is 5.08. The van der Waals surface area contributed by atoms with Crippen LogP contribution in [0.3, 0.4) is 0 Å². The number of amides is 2. The fourth-order valence-corrected chi connectivity index (χ4v) is 5.08. The van der Waals surface area contributed by atoms with Gasteiger partial charge in [0.2, 0.25) is 5.91 Å². The van der Waals surface area contributed by atoms with Crippen LogP contribution < -0.4 is 10.6 Å². The van der Waals surface area contributed by atoms with Crippen LogP contribution in [0.25, 0.3) is 0 Å². The third-order valence-corrected chi connectivity index (χ3v) is 6.99. The van der Waals surface area contributed by atoms with Gasteiger partial charge in [-0.15, -0.1) is 0 Å². The Labute approximate surface area is 210 Å². The number of aliphatic hydroxyl groups is 1. The molecule has 2 fully saturated rings. The molecule has 0 aromatic rings. The van der Waals surface area contributed by atoms with Crippen molar-refractivity contribution >= 4 is 18.3 Å². The summed E-state index contributed by atoms with van der Waals surface area (Å²) in [5.74, 6) is -0.0440. The number of carbonyl (C=O) groups is 3. The molecule has 2 aliphatic heterocycles. The second-order valence-electron chi connectivity index (χ2n) is 11.3. The highest BCUT2D eigenvalue weighted by molar-refractivity contribution is 5.85. The highest BCUT2D eigenvalue weighted by atomic mass is 16.6. The summed E-state index contributed by atoms with van der Waals surface area (Å²) >= 11 is 0. The average Bonchev–Trinajstić information content (AvgIpc) is 3.21. The molecule has 6 atom stereocenters. The Morgan fingerprint density at radius 3 is 2.49 bits per heavy atom. The van der Waals surface area contributed by atoms with Crippen molar-refractivity contribution in [1.82, 2.24) is 15.5 Å². The van der Waals surface area contributed by atoms with Gasteiger partial charge in [-0.05, 0) is 58.8 Å². The molecule has 9 nitrogen and oxygen atoms in total. The number of carbonyl (C=O) groups excluding carboxylic acids is 3. The molecule has 0 aliphatic carbocycles.